The van der Waals surface area contributed by atoms with E-state index in [1.54, 1.807) is 4.90 Å². The van der Waals surface area contributed by atoms with Crippen molar-refractivity contribution in [3.05, 3.63) is 46.3 Å². The van der Waals surface area contributed by atoms with Gasteiger partial charge < -0.3 is 10.2 Å². The third kappa shape index (κ3) is 3.95. The highest BCUT2D eigenvalue weighted by molar-refractivity contribution is 7.16. The van der Waals surface area contributed by atoms with Crippen LogP contribution < -0.4 is 10.2 Å². The van der Waals surface area contributed by atoms with Crippen molar-refractivity contribution in [3.8, 4) is 6.07 Å². The molecule has 1 aromatic carbocycles. The van der Waals surface area contributed by atoms with Gasteiger partial charge in [-0.15, -0.1) is 11.3 Å². The van der Waals surface area contributed by atoms with E-state index in [9.17, 15) is 14.9 Å². The highest BCUT2D eigenvalue weighted by Gasteiger charge is 2.36. The standard InChI is InChI=1S/C22H25N3O2S/c1-4-14(3)18-8-6-7-9-19(18)25-13-16(11-20(25)26)21(27)24-22-15(12-23)10-17(5-2)28-22/h6-10,14,16H,4-5,11,13H2,1-3H3,(H,24,27). The minimum absolute atomic E-state index is 0.0307. The molecule has 1 aliphatic heterocycles. The predicted molar refractivity (Wildman–Crippen MR) is 113 cm³/mol. The molecule has 2 aromatic rings. The second kappa shape index (κ2) is 8.57. The van der Waals surface area contributed by atoms with Crippen molar-refractivity contribution >= 4 is 33.8 Å². The second-order valence-corrected chi connectivity index (χ2v) is 8.32. The van der Waals surface area contributed by atoms with E-state index in [1.165, 1.54) is 11.3 Å². The molecular formula is C22H25N3O2S. The van der Waals surface area contributed by atoms with E-state index in [4.69, 9.17) is 0 Å². The van der Waals surface area contributed by atoms with Crippen molar-refractivity contribution < 1.29 is 9.59 Å². The zero-order chi connectivity index (χ0) is 20.3. The summed E-state index contributed by atoms with van der Waals surface area (Å²) in [5.41, 5.74) is 2.52. The summed E-state index contributed by atoms with van der Waals surface area (Å²) >= 11 is 1.43. The molecule has 2 heterocycles. The number of thiophene rings is 1. The summed E-state index contributed by atoms with van der Waals surface area (Å²) in [6, 6.07) is 11.9. The average Bonchev–Trinajstić information content (AvgIpc) is 3.30. The molecular weight excluding hydrogens is 370 g/mol. The number of carbonyl (C=O) groups is 2. The maximum absolute atomic E-state index is 12.8. The van der Waals surface area contributed by atoms with Crippen molar-refractivity contribution in [1.82, 2.24) is 0 Å². The molecule has 0 aliphatic carbocycles. The summed E-state index contributed by atoms with van der Waals surface area (Å²) in [6.07, 6.45) is 1.99. The molecule has 1 fully saturated rings. The van der Waals surface area contributed by atoms with E-state index in [0.717, 1.165) is 29.0 Å². The van der Waals surface area contributed by atoms with Crippen molar-refractivity contribution in [2.24, 2.45) is 5.92 Å². The molecule has 1 aromatic heterocycles. The number of nitrogens with one attached hydrogen (secondary N) is 1. The third-order valence-electron chi connectivity index (χ3n) is 5.36. The van der Waals surface area contributed by atoms with Gasteiger partial charge in [-0.3, -0.25) is 9.59 Å². The minimum atomic E-state index is -0.420. The average molecular weight is 396 g/mol. The Morgan fingerprint density at radius 1 is 1.39 bits per heavy atom. The number of hydrogen-bond acceptors (Lipinski definition) is 4. The van der Waals surface area contributed by atoms with E-state index in [2.05, 4.69) is 31.3 Å². The number of aryl methyl sites for hydroxylation is 1. The first-order valence-electron chi connectivity index (χ1n) is 9.71. The van der Waals surface area contributed by atoms with Crippen LogP contribution in [-0.4, -0.2) is 18.4 Å². The summed E-state index contributed by atoms with van der Waals surface area (Å²) in [6.45, 7) is 6.66. The number of carbonyl (C=O) groups excluding carboxylic acids is 2. The Morgan fingerprint density at radius 3 is 2.82 bits per heavy atom. The summed E-state index contributed by atoms with van der Waals surface area (Å²) in [4.78, 5) is 28.3. The largest absolute Gasteiger partial charge is 0.316 e. The van der Waals surface area contributed by atoms with Gasteiger partial charge in [-0.2, -0.15) is 5.26 Å². The first kappa shape index (κ1) is 20.1. The summed E-state index contributed by atoms with van der Waals surface area (Å²) in [5.74, 6) is -0.306. The number of rotatable bonds is 6. The molecule has 1 N–H and O–H groups in total. The number of anilines is 2. The highest BCUT2D eigenvalue weighted by atomic mass is 32.1. The van der Waals surface area contributed by atoms with Crippen LogP contribution in [0, 0.1) is 17.2 Å². The summed E-state index contributed by atoms with van der Waals surface area (Å²) in [7, 11) is 0. The Kier molecular flexibility index (Phi) is 6.15. The van der Waals surface area contributed by atoms with Crippen LogP contribution >= 0.6 is 11.3 Å². The molecule has 2 unspecified atom stereocenters. The fourth-order valence-corrected chi connectivity index (χ4v) is 4.44. The van der Waals surface area contributed by atoms with Crippen LogP contribution in [0.2, 0.25) is 0 Å². The van der Waals surface area contributed by atoms with Gasteiger partial charge in [-0.1, -0.05) is 39.0 Å². The molecule has 146 valence electrons. The fourth-order valence-electron chi connectivity index (χ4n) is 3.49. The van der Waals surface area contributed by atoms with Crippen molar-refractivity contribution in [3.63, 3.8) is 0 Å². The Labute approximate surface area is 170 Å². The second-order valence-electron chi connectivity index (χ2n) is 7.18. The van der Waals surface area contributed by atoms with Gasteiger partial charge >= 0.3 is 0 Å². The molecule has 0 saturated carbocycles. The Bertz CT molecular complexity index is 928. The van der Waals surface area contributed by atoms with E-state index in [1.807, 2.05) is 31.2 Å². The zero-order valence-corrected chi connectivity index (χ0v) is 17.3. The lowest BCUT2D eigenvalue weighted by Crippen LogP contribution is -2.29. The van der Waals surface area contributed by atoms with Gasteiger partial charge in [-0.25, -0.2) is 0 Å². The molecule has 3 rings (SSSR count). The maximum atomic E-state index is 12.8. The molecule has 6 heteroatoms. The van der Waals surface area contributed by atoms with E-state index >= 15 is 0 Å². The molecule has 5 nitrogen and oxygen atoms in total. The van der Waals surface area contributed by atoms with Crippen molar-refractivity contribution in [1.29, 1.82) is 5.26 Å². The molecule has 0 spiro atoms. The Morgan fingerprint density at radius 2 is 2.14 bits per heavy atom. The number of benzene rings is 1. The van der Waals surface area contributed by atoms with Gasteiger partial charge in [0.25, 0.3) is 0 Å². The van der Waals surface area contributed by atoms with Crippen LogP contribution in [0.25, 0.3) is 0 Å². The van der Waals surface area contributed by atoms with Gasteiger partial charge in [0, 0.05) is 23.5 Å². The minimum Gasteiger partial charge on any atom is -0.316 e. The zero-order valence-electron chi connectivity index (χ0n) is 16.5. The van der Waals surface area contributed by atoms with Gasteiger partial charge in [0.1, 0.15) is 11.1 Å². The van der Waals surface area contributed by atoms with Crippen molar-refractivity contribution in [2.45, 2.75) is 46.0 Å². The lowest BCUT2D eigenvalue weighted by molar-refractivity contribution is -0.122. The monoisotopic (exact) mass is 395 g/mol. The van der Waals surface area contributed by atoms with Gasteiger partial charge in [-0.05, 0) is 36.5 Å². The number of nitrogens with zero attached hydrogens (tertiary/aromatic N) is 2. The van der Waals surface area contributed by atoms with Crippen LogP contribution in [0.4, 0.5) is 10.7 Å². The summed E-state index contributed by atoms with van der Waals surface area (Å²) in [5, 5.41) is 12.7. The number of hydrogen-bond donors (Lipinski definition) is 1. The van der Waals surface area contributed by atoms with Crippen molar-refractivity contribution in [2.75, 3.05) is 16.8 Å². The normalized spacial score (nSPS) is 17.4. The number of para-hydroxylation sites is 1. The van der Waals surface area contributed by atoms with Gasteiger partial charge in [0.15, 0.2) is 0 Å². The summed E-state index contributed by atoms with van der Waals surface area (Å²) < 4.78 is 0. The van der Waals surface area contributed by atoms with Gasteiger partial charge in [0.05, 0.1) is 11.5 Å². The van der Waals surface area contributed by atoms with E-state index in [0.29, 0.717) is 23.0 Å². The van der Waals surface area contributed by atoms with E-state index < -0.39 is 5.92 Å². The quantitative estimate of drug-likeness (QED) is 0.771. The molecule has 28 heavy (non-hydrogen) atoms. The van der Waals surface area contributed by atoms with Crippen LogP contribution in [0.3, 0.4) is 0 Å². The topological polar surface area (TPSA) is 73.2 Å². The van der Waals surface area contributed by atoms with Gasteiger partial charge in [0.2, 0.25) is 11.8 Å². The molecule has 2 atom stereocenters. The molecule has 1 aliphatic rings. The molecule has 0 bridgehead atoms. The maximum Gasteiger partial charge on any atom is 0.230 e. The Hall–Kier alpha value is -2.65. The number of nitriles is 1. The first-order valence-corrected chi connectivity index (χ1v) is 10.5. The lowest BCUT2D eigenvalue weighted by atomic mass is 9.96. The SMILES string of the molecule is CCc1cc(C#N)c(NC(=O)C2CC(=O)N(c3ccccc3C(C)CC)C2)s1. The number of amides is 2. The molecule has 0 radical (unpaired) electrons. The highest BCUT2D eigenvalue weighted by Crippen LogP contribution is 2.34. The van der Waals surface area contributed by atoms with Crippen LogP contribution in [0.5, 0.6) is 0 Å². The van der Waals surface area contributed by atoms with Crippen LogP contribution in [0.15, 0.2) is 30.3 Å². The third-order valence-corrected chi connectivity index (χ3v) is 6.55. The van der Waals surface area contributed by atoms with Crippen LogP contribution in [-0.2, 0) is 16.0 Å². The first-order chi connectivity index (χ1) is 13.5. The Balaban J connectivity index is 1.77. The predicted octanol–water partition coefficient (Wildman–Crippen LogP) is 4.69. The van der Waals surface area contributed by atoms with E-state index in [-0.39, 0.29) is 18.2 Å². The lowest BCUT2D eigenvalue weighted by Gasteiger charge is -2.23. The van der Waals surface area contributed by atoms with Crippen LogP contribution in [0.1, 0.15) is 55.5 Å². The molecule has 1 saturated heterocycles. The molecule has 2 amide bonds. The smallest absolute Gasteiger partial charge is 0.230 e. The fraction of sp³-hybridized carbons (Fsp3) is 0.409.